The first-order valence-electron chi connectivity index (χ1n) is 8.46. The van der Waals surface area contributed by atoms with Crippen LogP contribution < -0.4 is 10.2 Å². The van der Waals surface area contributed by atoms with Crippen LogP contribution in [0.5, 0.6) is 5.75 Å². The van der Waals surface area contributed by atoms with E-state index < -0.39 is 29.6 Å². The first-order chi connectivity index (χ1) is 12.7. The number of aromatic carboxylic acids is 1. The Bertz CT molecular complexity index is 944. The minimum atomic E-state index is -1.34. The fourth-order valence-corrected chi connectivity index (χ4v) is 3.43. The molecule has 0 spiro atoms. The molecule has 1 unspecified atom stereocenters. The fraction of sp³-hybridized carbons (Fsp3) is 0.250. The van der Waals surface area contributed by atoms with Gasteiger partial charge in [-0.05, 0) is 50.1 Å². The van der Waals surface area contributed by atoms with Gasteiger partial charge in [0, 0.05) is 5.69 Å². The molecule has 0 bridgehead atoms. The number of aromatic hydroxyl groups is 1. The topological polar surface area (TPSA) is 107 Å². The predicted octanol–water partition coefficient (Wildman–Crippen LogP) is 2.76. The molecule has 1 aliphatic heterocycles. The number of carboxylic acid groups (broad SMARTS) is 1. The molecule has 0 radical (unpaired) electrons. The average molecular weight is 368 g/mol. The number of nitrogens with one attached hydrogen (secondary N) is 1. The number of amides is 2. The highest BCUT2D eigenvalue weighted by Gasteiger charge is 2.40. The quantitative estimate of drug-likeness (QED) is 0.717. The summed E-state index contributed by atoms with van der Waals surface area (Å²) in [5.74, 6) is -2.65. The minimum absolute atomic E-state index is 0.0329. The molecule has 2 amide bonds. The summed E-state index contributed by atoms with van der Waals surface area (Å²) in [6.07, 6.45) is -0.0329. The van der Waals surface area contributed by atoms with Crippen LogP contribution in [-0.4, -0.2) is 34.0 Å². The molecule has 1 heterocycles. The number of nitrogens with zero attached hydrogens (tertiary/aromatic N) is 1. The van der Waals surface area contributed by atoms with Crippen LogP contribution in [0.15, 0.2) is 30.3 Å². The van der Waals surface area contributed by atoms with Gasteiger partial charge in [0.2, 0.25) is 5.91 Å². The summed E-state index contributed by atoms with van der Waals surface area (Å²) in [5, 5.41) is 21.9. The predicted molar refractivity (Wildman–Crippen MR) is 100 cm³/mol. The van der Waals surface area contributed by atoms with Crippen molar-refractivity contribution in [2.75, 3.05) is 10.2 Å². The van der Waals surface area contributed by atoms with Gasteiger partial charge in [-0.15, -0.1) is 0 Å². The molecule has 0 aromatic heterocycles. The molecule has 3 rings (SSSR count). The smallest absolute Gasteiger partial charge is 0.339 e. The zero-order chi connectivity index (χ0) is 19.9. The van der Waals surface area contributed by atoms with Gasteiger partial charge < -0.3 is 15.5 Å². The molecule has 27 heavy (non-hydrogen) atoms. The zero-order valence-electron chi connectivity index (χ0n) is 15.2. The van der Waals surface area contributed by atoms with Gasteiger partial charge in [-0.25, -0.2) is 9.69 Å². The number of phenols is 1. The van der Waals surface area contributed by atoms with E-state index in [0.29, 0.717) is 0 Å². The van der Waals surface area contributed by atoms with E-state index in [1.165, 1.54) is 6.07 Å². The van der Waals surface area contributed by atoms with Gasteiger partial charge >= 0.3 is 5.97 Å². The van der Waals surface area contributed by atoms with Crippen molar-refractivity contribution < 1.29 is 24.6 Å². The number of rotatable bonds is 4. The normalized spacial score (nSPS) is 16.7. The average Bonchev–Trinajstić information content (AvgIpc) is 2.85. The standard InChI is InChI=1S/C20H20N2O5/c1-10-6-11(2)18(12(3)7-10)21-15-9-17(24)22(19(15)25)13-4-5-16(23)14(8-13)20(26)27/h4-8,15,21,23H,9H2,1-3H3,(H,26,27). The summed E-state index contributed by atoms with van der Waals surface area (Å²) in [5.41, 5.74) is 3.63. The van der Waals surface area contributed by atoms with Gasteiger partial charge in [0.1, 0.15) is 17.4 Å². The van der Waals surface area contributed by atoms with Crippen LogP contribution in [-0.2, 0) is 9.59 Å². The van der Waals surface area contributed by atoms with E-state index in [9.17, 15) is 19.5 Å². The lowest BCUT2D eigenvalue weighted by atomic mass is 10.0. The van der Waals surface area contributed by atoms with Crippen LogP contribution in [0.3, 0.4) is 0 Å². The van der Waals surface area contributed by atoms with Gasteiger partial charge in [0.25, 0.3) is 5.91 Å². The lowest BCUT2D eigenvalue weighted by molar-refractivity contribution is -0.121. The molecule has 1 saturated heterocycles. The van der Waals surface area contributed by atoms with Crippen LogP contribution in [0.4, 0.5) is 11.4 Å². The number of hydrogen-bond donors (Lipinski definition) is 3. The summed E-state index contributed by atoms with van der Waals surface area (Å²) in [6.45, 7) is 5.85. The number of carbonyl (C=O) groups is 3. The Balaban J connectivity index is 1.90. The number of aryl methyl sites for hydroxylation is 3. The highest BCUT2D eigenvalue weighted by Crippen LogP contribution is 2.30. The molecule has 2 aromatic rings. The molecule has 1 aliphatic rings. The van der Waals surface area contributed by atoms with Crippen molar-refractivity contribution in [2.24, 2.45) is 0 Å². The third-order valence-electron chi connectivity index (χ3n) is 4.61. The molecular formula is C20H20N2O5. The summed E-state index contributed by atoms with van der Waals surface area (Å²) in [6, 6.07) is 6.88. The van der Waals surface area contributed by atoms with Crippen molar-refractivity contribution in [3.63, 3.8) is 0 Å². The van der Waals surface area contributed by atoms with Crippen molar-refractivity contribution in [3.05, 3.63) is 52.6 Å². The lowest BCUT2D eigenvalue weighted by Gasteiger charge is -2.19. The van der Waals surface area contributed by atoms with Gasteiger partial charge in [0.15, 0.2) is 0 Å². The Morgan fingerprint density at radius 2 is 1.74 bits per heavy atom. The second-order valence-corrected chi connectivity index (χ2v) is 6.75. The monoisotopic (exact) mass is 368 g/mol. The molecule has 140 valence electrons. The number of benzene rings is 2. The zero-order valence-corrected chi connectivity index (χ0v) is 15.2. The third-order valence-corrected chi connectivity index (χ3v) is 4.61. The molecule has 3 N–H and O–H groups in total. The van der Waals surface area contributed by atoms with E-state index in [4.69, 9.17) is 5.11 Å². The van der Waals surface area contributed by atoms with E-state index in [-0.39, 0.29) is 17.7 Å². The van der Waals surface area contributed by atoms with E-state index in [1.807, 2.05) is 32.9 Å². The van der Waals surface area contributed by atoms with Crippen LogP contribution in [0, 0.1) is 20.8 Å². The lowest BCUT2D eigenvalue weighted by Crippen LogP contribution is -2.35. The molecule has 2 aromatic carbocycles. The number of hydrogen-bond acceptors (Lipinski definition) is 5. The Morgan fingerprint density at radius 1 is 1.11 bits per heavy atom. The van der Waals surface area contributed by atoms with Crippen LogP contribution in [0.25, 0.3) is 0 Å². The Hall–Kier alpha value is -3.35. The van der Waals surface area contributed by atoms with Crippen LogP contribution >= 0.6 is 0 Å². The number of carboxylic acids is 1. The summed E-state index contributed by atoms with van der Waals surface area (Å²) in [7, 11) is 0. The van der Waals surface area contributed by atoms with Crippen molar-refractivity contribution >= 4 is 29.2 Å². The maximum absolute atomic E-state index is 12.8. The highest BCUT2D eigenvalue weighted by atomic mass is 16.4. The van der Waals surface area contributed by atoms with Gasteiger partial charge in [-0.3, -0.25) is 9.59 Å². The maximum atomic E-state index is 12.8. The Kier molecular flexibility index (Phi) is 4.61. The largest absolute Gasteiger partial charge is 0.507 e. The second-order valence-electron chi connectivity index (χ2n) is 6.75. The molecule has 7 heteroatoms. The van der Waals surface area contributed by atoms with Crippen LogP contribution in [0.2, 0.25) is 0 Å². The van der Waals surface area contributed by atoms with Gasteiger partial charge in [-0.2, -0.15) is 0 Å². The summed E-state index contributed by atoms with van der Waals surface area (Å²) in [4.78, 5) is 37.4. The molecule has 0 saturated carbocycles. The number of anilines is 2. The number of imide groups is 1. The van der Waals surface area contributed by atoms with Gasteiger partial charge in [-0.1, -0.05) is 17.7 Å². The SMILES string of the molecule is Cc1cc(C)c(NC2CC(=O)N(c3ccc(O)c(C(=O)O)c3)C2=O)c(C)c1. The first kappa shape index (κ1) is 18.4. The van der Waals surface area contributed by atoms with Gasteiger partial charge in [0.05, 0.1) is 12.1 Å². The van der Waals surface area contributed by atoms with E-state index in [0.717, 1.165) is 39.4 Å². The second kappa shape index (κ2) is 6.75. The van der Waals surface area contributed by atoms with Crippen molar-refractivity contribution in [2.45, 2.75) is 33.2 Å². The molecule has 1 fully saturated rings. The summed E-state index contributed by atoms with van der Waals surface area (Å²) < 4.78 is 0. The van der Waals surface area contributed by atoms with Crippen molar-refractivity contribution in [1.29, 1.82) is 0 Å². The molecule has 7 nitrogen and oxygen atoms in total. The molecular weight excluding hydrogens is 348 g/mol. The van der Waals surface area contributed by atoms with Crippen LogP contribution in [0.1, 0.15) is 33.5 Å². The minimum Gasteiger partial charge on any atom is -0.507 e. The highest BCUT2D eigenvalue weighted by molar-refractivity contribution is 6.23. The number of carbonyl (C=O) groups excluding carboxylic acids is 2. The van der Waals surface area contributed by atoms with Crippen molar-refractivity contribution in [1.82, 2.24) is 0 Å². The fourth-order valence-electron chi connectivity index (χ4n) is 3.43. The van der Waals surface area contributed by atoms with E-state index >= 15 is 0 Å². The Morgan fingerprint density at radius 3 is 2.33 bits per heavy atom. The van der Waals surface area contributed by atoms with Crippen molar-refractivity contribution in [3.8, 4) is 5.75 Å². The van der Waals surface area contributed by atoms with E-state index in [2.05, 4.69) is 5.32 Å². The Labute approximate surface area is 156 Å². The first-order valence-corrected chi connectivity index (χ1v) is 8.46. The third kappa shape index (κ3) is 3.36. The van der Waals surface area contributed by atoms with E-state index in [1.54, 1.807) is 0 Å². The molecule has 1 atom stereocenters. The molecule has 0 aliphatic carbocycles. The summed E-state index contributed by atoms with van der Waals surface area (Å²) >= 11 is 0. The maximum Gasteiger partial charge on any atom is 0.339 e.